The van der Waals surface area contributed by atoms with E-state index < -0.39 is 5.92 Å². The first-order valence-electron chi connectivity index (χ1n) is 5.80. The third kappa shape index (κ3) is 3.27. The molecule has 0 aromatic heterocycles. The molecule has 1 heterocycles. The molecule has 1 fully saturated rings. The van der Waals surface area contributed by atoms with Gasteiger partial charge in [-0.3, -0.25) is 4.90 Å². The molecule has 2 rings (SSSR count). The lowest BCUT2D eigenvalue weighted by molar-refractivity contribution is -0.0635. The number of piperidine rings is 1. The highest BCUT2D eigenvalue weighted by Crippen LogP contribution is 2.26. The Labute approximate surface area is 95.1 Å². The molecule has 0 radical (unpaired) electrons. The van der Waals surface area contributed by atoms with E-state index in [1.54, 1.807) is 0 Å². The van der Waals surface area contributed by atoms with E-state index in [4.69, 9.17) is 0 Å². The first-order chi connectivity index (χ1) is 7.66. The van der Waals surface area contributed by atoms with Crippen molar-refractivity contribution in [2.75, 3.05) is 19.6 Å². The molecule has 3 heteroatoms. The predicted octanol–water partition coefficient (Wildman–Crippen LogP) is 2.96. The maximum absolute atomic E-state index is 13.1. The Kier molecular flexibility index (Phi) is 3.54. The average Bonchev–Trinajstić information content (AvgIpc) is 2.27. The highest BCUT2D eigenvalue weighted by molar-refractivity contribution is 5.14. The molecule has 88 valence electrons. The van der Waals surface area contributed by atoms with Crippen LogP contribution in [0.3, 0.4) is 0 Å². The van der Waals surface area contributed by atoms with E-state index in [2.05, 4.69) is 0 Å². The summed E-state index contributed by atoms with van der Waals surface area (Å²) in [6.45, 7) is 1.47. The van der Waals surface area contributed by atoms with Crippen LogP contribution in [0.4, 0.5) is 8.78 Å². The van der Waals surface area contributed by atoms with E-state index in [9.17, 15) is 8.78 Å². The van der Waals surface area contributed by atoms with Crippen LogP contribution in [-0.4, -0.2) is 30.5 Å². The van der Waals surface area contributed by atoms with E-state index in [-0.39, 0.29) is 13.0 Å². The molecule has 0 unspecified atom stereocenters. The Balaban J connectivity index is 1.82. The van der Waals surface area contributed by atoms with Crippen LogP contribution >= 0.6 is 0 Å². The van der Waals surface area contributed by atoms with Crippen molar-refractivity contribution in [1.29, 1.82) is 0 Å². The fourth-order valence-corrected chi connectivity index (χ4v) is 2.17. The molecule has 0 saturated carbocycles. The van der Waals surface area contributed by atoms with Gasteiger partial charge in [0.25, 0.3) is 5.92 Å². The van der Waals surface area contributed by atoms with Crippen LogP contribution in [0.1, 0.15) is 18.4 Å². The van der Waals surface area contributed by atoms with E-state index >= 15 is 0 Å². The first-order valence-corrected chi connectivity index (χ1v) is 5.80. The number of alkyl halides is 2. The van der Waals surface area contributed by atoms with E-state index in [0.29, 0.717) is 6.42 Å². The van der Waals surface area contributed by atoms with Crippen LogP contribution in [-0.2, 0) is 6.42 Å². The molecule has 1 aromatic rings. The Morgan fingerprint density at radius 3 is 2.62 bits per heavy atom. The fourth-order valence-electron chi connectivity index (χ4n) is 2.17. The molecular weight excluding hydrogens is 208 g/mol. The molecule has 0 N–H and O–H groups in total. The minimum Gasteiger partial charge on any atom is -0.297 e. The second-order valence-corrected chi connectivity index (χ2v) is 4.47. The van der Waals surface area contributed by atoms with Crippen molar-refractivity contribution < 1.29 is 8.78 Å². The molecule has 0 spiro atoms. The minimum atomic E-state index is -2.48. The summed E-state index contributed by atoms with van der Waals surface area (Å²) in [7, 11) is 0. The van der Waals surface area contributed by atoms with Crippen LogP contribution in [0.2, 0.25) is 0 Å². The molecule has 1 saturated heterocycles. The predicted molar refractivity (Wildman–Crippen MR) is 60.8 cm³/mol. The monoisotopic (exact) mass is 225 g/mol. The van der Waals surface area contributed by atoms with Gasteiger partial charge in [0.1, 0.15) is 0 Å². The summed E-state index contributed by atoms with van der Waals surface area (Å²) >= 11 is 0. The topological polar surface area (TPSA) is 3.24 Å². The van der Waals surface area contributed by atoms with Gasteiger partial charge in [-0.25, -0.2) is 8.78 Å². The normalized spacial score (nSPS) is 20.9. The lowest BCUT2D eigenvalue weighted by Crippen LogP contribution is -2.43. The van der Waals surface area contributed by atoms with Crippen molar-refractivity contribution >= 4 is 0 Å². The van der Waals surface area contributed by atoms with Gasteiger partial charge in [0, 0.05) is 13.0 Å². The second kappa shape index (κ2) is 4.91. The van der Waals surface area contributed by atoms with Gasteiger partial charge in [0.05, 0.1) is 6.54 Å². The zero-order chi connectivity index (χ0) is 11.4. The maximum atomic E-state index is 13.1. The molecule has 16 heavy (non-hydrogen) atoms. The van der Waals surface area contributed by atoms with Gasteiger partial charge in [-0.05, 0) is 24.9 Å². The molecule has 0 aliphatic carbocycles. The summed E-state index contributed by atoms with van der Waals surface area (Å²) in [5, 5.41) is 0. The third-order valence-corrected chi connectivity index (χ3v) is 3.03. The second-order valence-electron chi connectivity index (χ2n) is 4.47. The van der Waals surface area contributed by atoms with Gasteiger partial charge in [-0.1, -0.05) is 30.3 Å². The molecule has 1 aliphatic rings. The molecule has 0 bridgehead atoms. The van der Waals surface area contributed by atoms with Crippen LogP contribution in [0, 0.1) is 0 Å². The first kappa shape index (κ1) is 11.5. The van der Waals surface area contributed by atoms with Crippen LogP contribution < -0.4 is 0 Å². The third-order valence-electron chi connectivity index (χ3n) is 3.03. The largest absolute Gasteiger partial charge is 0.297 e. The zero-order valence-corrected chi connectivity index (χ0v) is 9.33. The average molecular weight is 225 g/mol. The smallest absolute Gasteiger partial charge is 0.260 e. The number of hydrogen-bond donors (Lipinski definition) is 0. The maximum Gasteiger partial charge on any atom is 0.260 e. The van der Waals surface area contributed by atoms with Crippen molar-refractivity contribution in [3.8, 4) is 0 Å². The standard InChI is InChI=1S/C13H17F2N/c14-13(15)8-4-9-16(11-13)10-7-12-5-2-1-3-6-12/h1-3,5-6H,4,7-11H2. The van der Waals surface area contributed by atoms with Crippen molar-refractivity contribution in [1.82, 2.24) is 4.90 Å². The summed E-state index contributed by atoms with van der Waals surface area (Å²) in [6, 6.07) is 10.0. The lowest BCUT2D eigenvalue weighted by Gasteiger charge is -2.32. The van der Waals surface area contributed by atoms with E-state index in [1.807, 2.05) is 35.2 Å². The number of likely N-dealkylation sites (tertiary alicyclic amines) is 1. The SMILES string of the molecule is FC1(F)CCCN(CCc2ccccc2)C1. The van der Waals surface area contributed by atoms with Crippen LogP contribution in [0.5, 0.6) is 0 Å². The van der Waals surface area contributed by atoms with E-state index in [0.717, 1.165) is 19.5 Å². The van der Waals surface area contributed by atoms with Gasteiger partial charge in [0.15, 0.2) is 0 Å². The summed E-state index contributed by atoms with van der Waals surface area (Å²) in [5.74, 6) is -2.48. The summed E-state index contributed by atoms with van der Waals surface area (Å²) < 4.78 is 26.3. The van der Waals surface area contributed by atoms with Crippen molar-refractivity contribution in [3.05, 3.63) is 35.9 Å². The number of halogens is 2. The lowest BCUT2D eigenvalue weighted by atomic mass is 10.1. The Morgan fingerprint density at radius 1 is 1.19 bits per heavy atom. The Hall–Kier alpha value is -0.960. The fraction of sp³-hybridized carbons (Fsp3) is 0.538. The highest BCUT2D eigenvalue weighted by Gasteiger charge is 2.34. The number of nitrogens with zero attached hydrogens (tertiary/aromatic N) is 1. The quantitative estimate of drug-likeness (QED) is 0.764. The molecule has 0 amide bonds. The van der Waals surface area contributed by atoms with Crippen LogP contribution in [0.25, 0.3) is 0 Å². The van der Waals surface area contributed by atoms with Crippen molar-refractivity contribution in [3.63, 3.8) is 0 Å². The molecule has 1 aromatic carbocycles. The molecular formula is C13H17F2N. The molecule has 0 atom stereocenters. The summed E-state index contributed by atoms with van der Waals surface area (Å²) in [4.78, 5) is 1.87. The van der Waals surface area contributed by atoms with Gasteiger partial charge in [-0.2, -0.15) is 0 Å². The summed E-state index contributed by atoms with van der Waals surface area (Å²) in [6.07, 6.45) is 1.52. The van der Waals surface area contributed by atoms with Crippen molar-refractivity contribution in [2.24, 2.45) is 0 Å². The number of benzene rings is 1. The van der Waals surface area contributed by atoms with Gasteiger partial charge in [-0.15, -0.1) is 0 Å². The minimum absolute atomic E-state index is 0.0504. The van der Waals surface area contributed by atoms with E-state index in [1.165, 1.54) is 5.56 Å². The molecule has 1 aliphatic heterocycles. The molecule has 1 nitrogen and oxygen atoms in total. The number of hydrogen-bond acceptors (Lipinski definition) is 1. The van der Waals surface area contributed by atoms with Crippen molar-refractivity contribution in [2.45, 2.75) is 25.2 Å². The highest BCUT2D eigenvalue weighted by atomic mass is 19.3. The summed E-state index contributed by atoms with van der Waals surface area (Å²) in [5.41, 5.74) is 1.22. The number of rotatable bonds is 3. The Bertz CT molecular complexity index is 324. The zero-order valence-electron chi connectivity index (χ0n) is 9.33. The van der Waals surface area contributed by atoms with Gasteiger partial charge in [0.2, 0.25) is 0 Å². The van der Waals surface area contributed by atoms with Crippen LogP contribution in [0.15, 0.2) is 30.3 Å². The van der Waals surface area contributed by atoms with Gasteiger partial charge < -0.3 is 0 Å². The van der Waals surface area contributed by atoms with Gasteiger partial charge >= 0.3 is 0 Å². The Morgan fingerprint density at radius 2 is 1.94 bits per heavy atom.